The maximum absolute atomic E-state index is 11.8. The first kappa shape index (κ1) is 9.75. The van der Waals surface area contributed by atoms with Crippen LogP contribution in [0.2, 0.25) is 0 Å². The Labute approximate surface area is 87.8 Å². The normalized spacial score (nSPS) is 20.1. The molecular formula is C9H13N5O. The number of nitrogens with one attached hydrogen (secondary N) is 1. The zero-order valence-electron chi connectivity index (χ0n) is 8.47. The van der Waals surface area contributed by atoms with Crippen LogP contribution in [0.3, 0.4) is 0 Å². The Morgan fingerprint density at radius 2 is 2.33 bits per heavy atom. The van der Waals surface area contributed by atoms with Crippen molar-refractivity contribution in [3.63, 3.8) is 0 Å². The van der Waals surface area contributed by atoms with E-state index in [1.165, 1.54) is 5.12 Å². The molecule has 0 spiro atoms. The van der Waals surface area contributed by atoms with Crippen molar-refractivity contribution in [1.82, 2.24) is 20.6 Å². The number of carbonyl (C=O) groups excluding carboxylic acids is 1. The second kappa shape index (κ2) is 3.41. The molecule has 6 heteroatoms. The first-order chi connectivity index (χ1) is 7.13. The molecule has 0 aliphatic carbocycles. The molecule has 3 N–H and O–H groups in total. The molecule has 0 aromatic heterocycles. The lowest BCUT2D eigenvalue weighted by atomic mass is 10.2. The second-order valence-electron chi connectivity index (χ2n) is 3.38. The second-order valence-corrected chi connectivity index (χ2v) is 3.38. The van der Waals surface area contributed by atoms with Gasteiger partial charge >= 0.3 is 0 Å². The van der Waals surface area contributed by atoms with Gasteiger partial charge < -0.3 is 0 Å². The molecule has 0 saturated heterocycles. The third kappa shape index (κ3) is 1.49. The lowest BCUT2D eigenvalue weighted by Gasteiger charge is -2.31. The minimum Gasteiger partial charge on any atom is -0.288 e. The van der Waals surface area contributed by atoms with E-state index in [0.717, 1.165) is 0 Å². The third-order valence-corrected chi connectivity index (χ3v) is 2.22. The number of hydrazine groups is 3. The number of rotatable bonds is 2. The van der Waals surface area contributed by atoms with Gasteiger partial charge in [0, 0.05) is 18.3 Å². The van der Waals surface area contributed by atoms with E-state index in [0.29, 0.717) is 17.9 Å². The Morgan fingerprint density at radius 3 is 3.00 bits per heavy atom. The van der Waals surface area contributed by atoms with Crippen LogP contribution < -0.4 is 11.4 Å². The largest absolute Gasteiger partial charge is 0.288 e. The zero-order chi connectivity index (χ0) is 11.0. The van der Waals surface area contributed by atoms with Crippen LogP contribution in [0.5, 0.6) is 0 Å². The highest BCUT2D eigenvalue weighted by Gasteiger charge is 2.31. The van der Waals surface area contributed by atoms with Gasteiger partial charge in [0.15, 0.2) is 5.82 Å². The molecule has 2 aliphatic heterocycles. The number of hydrogen-bond acceptors (Lipinski definition) is 5. The molecule has 0 atom stereocenters. The summed E-state index contributed by atoms with van der Waals surface area (Å²) in [5.74, 6) is 6.22. The first-order valence-electron chi connectivity index (χ1n) is 4.56. The number of fused-ring (bicyclic) bond motifs is 1. The van der Waals surface area contributed by atoms with Crippen LogP contribution in [-0.2, 0) is 4.79 Å². The molecule has 6 nitrogen and oxygen atoms in total. The molecule has 0 fully saturated rings. The van der Waals surface area contributed by atoms with Crippen molar-refractivity contribution in [3.8, 4) is 0 Å². The first-order valence-corrected chi connectivity index (χ1v) is 4.56. The zero-order valence-corrected chi connectivity index (χ0v) is 8.47. The van der Waals surface area contributed by atoms with Gasteiger partial charge in [-0.25, -0.2) is 16.0 Å². The summed E-state index contributed by atoms with van der Waals surface area (Å²) in [7, 11) is 0. The number of carbonyl (C=O) groups is 1. The number of hydrogen-bond donors (Lipinski definition) is 2. The average Bonchev–Trinajstić information content (AvgIpc) is 2.53. The minimum absolute atomic E-state index is 0.0329. The fraction of sp³-hybridized carbons (Fsp3) is 0.222. The molecule has 2 rings (SSSR count). The van der Waals surface area contributed by atoms with Crippen LogP contribution in [-0.4, -0.2) is 27.5 Å². The molecule has 0 bridgehead atoms. The fourth-order valence-corrected chi connectivity index (χ4v) is 1.56. The van der Waals surface area contributed by atoms with Gasteiger partial charge in [-0.15, -0.1) is 12.1 Å². The van der Waals surface area contributed by atoms with Gasteiger partial charge in [-0.1, -0.05) is 6.08 Å². The lowest BCUT2D eigenvalue weighted by molar-refractivity contribution is -0.127. The van der Waals surface area contributed by atoms with Crippen LogP contribution in [0.25, 0.3) is 0 Å². The van der Waals surface area contributed by atoms with Crippen LogP contribution >= 0.6 is 0 Å². The Hall–Kier alpha value is -1.79. The highest BCUT2D eigenvalue weighted by atomic mass is 16.2. The molecule has 1 amide bonds. The van der Waals surface area contributed by atoms with E-state index in [9.17, 15) is 4.79 Å². The Balaban J connectivity index is 2.36. The molecule has 0 saturated carbocycles. The number of nitrogens with zero attached hydrogens (tertiary/aromatic N) is 3. The predicted octanol–water partition coefficient (Wildman–Crippen LogP) is -0.372. The molecule has 0 unspecified atom stereocenters. The summed E-state index contributed by atoms with van der Waals surface area (Å²) < 4.78 is 0. The Bertz CT molecular complexity index is 373. The Morgan fingerprint density at radius 1 is 1.60 bits per heavy atom. The predicted molar refractivity (Wildman–Crippen MR) is 54.8 cm³/mol. The van der Waals surface area contributed by atoms with Gasteiger partial charge in [0.25, 0.3) is 5.91 Å². The van der Waals surface area contributed by atoms with E-state index >= 15 is 0 Å². The van der Waals surface area contributed by atoms with Gasteiger partial charge in [-0.2, -0.15) is 0 Å². The topological polar surface area (TPSA) is 64.8 Å². The number of nitrogens with two attached hydrogens (primary N) is 1. The van der Waals surface area contributed by atoms with Gasteiger partial charge in [0.2, 0.25) is 0 Å². The van der Waals surface area contributed by atoms with Crippen molar-refractivity contribution in [2.24, 2.45) is 5.84 Å². The minimum atomic E-state index is -0.0329. The summed E-state index contributed by atoms with van der Waals surface area (Å²) in [6.07, 6.45) is 5.03. The summed E-state index contributed by atoms with van der Waals surface area (Å²) in [4.78, 5) is 13.4. The summed E-state index contributed by atoms with van der Waals surface area (Å²) in [6.45, 7) is 5.84. The van der Waals surface area contributed by atoms with Crippen LogP contribution in [0.4, 0.5) is 0 Å². The maximum Gasteiger partial charge on any atom is 0.256 e. The molecule has 0 aromatic rings. The molecule has 80 valence electrons. The van der Waals surface area contributed by atoms with E-state index < -0.39 is 0 Å². The maximum atomic E-state index is 11.8. The smallest absolute Gasteiger partial charge is 0.256 e. The van der Waals surface area contributed by atoms with E-state index in [2.05, 4.69) is 12.1 Å². The van der Waals surface area contributed by atoms with E-state index in [1.807, 2.05) is 0 Å². The van der Waals surface area contributed by atoms with Crippen molar-refractivity contribution in [2.45, 2.75) is 6.92 Å². The van der Waals surface area contributed by atoms with Gasteiger partial charge in [0.1, 0.15) is 0 Å². The monoisotopic (exact) mass is 207 g/mol. The van der Waals surface area contributed by atoms with Crippen molar-refractivity contribution in [1.29, 1.82) is 0 Å². The van der Waals surface area contributed by atoms with Crippen molar-refractivity contribution in [3.05, 3.63) is 36.4 Å². The van der Waals surface area contributed by atoms with Crippen LogP contribution in [0, 0.1) is 0 Å². The quantitative estimate of drug-likeness (QED) is 0.477. The number of amides is 1. The van der Waals surface area contributed by atoms with Crippen LogP contribution in [0.1, 0.15) is 6.92 Å². The van der Waals surface area contributed by atoms with Crippen molar-refractivity contribution in [2.75, 3.05) is 6.54 Å². The van der Waals surface area contributed by atoms with E-state index in [-0.39, 0.29) is 5.91 Å². The molecule has 0 aromatic carbocycles. The van der Waals surface area contributed by atoms with Crippen molar-refractivity contribution >= 4 is 5.91 Å². The SMILES string of the molecule is C=CCN1C(=O)C(C)=CN2NN(N)C=C21. The van der Waals surface area contributed by atoms with E-state index in [4.69, 9.17) is 5.84 Å². The summed E-state index contributed by atoms with van der Waals surface area (Å²) in [5.41, 5.74) is 3.49. The van der Waals surface area contributed by atoms with Crippen molar-refractivity contribution < 1.29 is 4.79 Å². The van der Waals surface area contributed by atoms with Gasteiger partial charge in [0.05, 0.1) is 6.20 Å². The van der Waals surface area contributed by atoms with E-state index in [1.54, 1.807) is 35.3 Å². The fourth-order valence-electron chi connectivity index (χ4n) is 1.56. The molecule has 2 aliphatic rings. The summed E-state index contributed by atoms with van der Waals surface area (Å²) in [5, 5.41) is 2.99. The lowest BCUT2D eigenvalue weighted by Crippen LogP contribution is -2.47. The standard InChI is InChI=1S/C9H13N5O/c1-3-4-12-8-6-14(10)11-13(8)5-7(2)9(12)15/h3,5-6,11H,1,4,10H2,2H3. The average molecular weight is 207 g/mol. The highest BCUT2D eigenvalue weighted by Crippen LogP contribution is 2.22. The van der Waals surface area contributed by atoms with Crippen LogP contribution in [0.15, 0.2) is 36.4 Å². The summed E-state index contributed by atoms with van der Waals surface area (Å²) >= 11 is 0. The third-order valence-electron chi connectivity index (χ3n) is 2.22. The molecule has 2 heterocycles. The highest BCUT2D eigenvalue weighted by molar-refractivity contribution is 5.95. The molecule has 0 radical (unpaired) electrons. The van der Waals surface area contributed by atoms with Gasteiger partial charge in [-0.05, 0) is 6.92 Å². The molecule has 15 heavy (non-hydrogen) atoms. The summed E-state index contributed by atoms with van der Waals surface area (Å²) in [6, 6.07) is 0. The van der Waals surface area contributed by atoms with Gasteiger partial charge in [-0.3, -0.25) is 9.69 Å². The Kier molecular flexibility index (Phi) is 2.22. The molecular weight excluding hydrogens is 194 g/mol.